The molecule has 2 fully saturated rings. The molecule has 1 aromatic heterocycles. The summed E-state index contributed by atoms with van der Waals surface area (Å²) in [7, 11) is -3.49. The Morgan fingerprint density at radius 3 is 2.42 bits per heavy atom. The standard InChI is InChI=1S/C23H30N2O4S2/c26-23(25(20-11-16-29-17-12-20)15-10-21-5-4-18-30-21)19-6-8-22(9-7-19)31(27,28)24-13-2-1-3-14-24/h4-9,18,20H,1-3,10-17H2. The van der Waals surface area contributed by atoms with E-state index in [-0.39, 0.29) is 16.8 Å². The molecule has 0 aliphatic carbocycles. The Balaban J connectivity index is 1.50. The molecular formula is C23H30N2O4S2. The Labute approximate surface area is 188 Å². The fourth-order valence-electron chi connectivity index (χ4n) is 4.32. The van der Waals surface area contributed by atoms with Crippen molar-refractivity contribution in [2.24, 2.45) is 0 Å². The lowest BCUT2D eigenvalue weighted by atomic mass is 10.0. The van der Waals surface area contributed by atoms with Crippen LogP contribution in [0.1, 0.15) is 47.3 Å². The van der Waals surface area contributed by atoms with Gasteiger partial charge < -0.3 is 9.64 Å². The lowest BCUT2D eigenvalue weighted by molar-refractivity contribution is 0.0294. The first-order chi connectivity index (χ1) is 15.1. The smallest absolute Gasteiger partial charge is 0.254 e. The molecule has 0 unspecified atom stereocenters. The molecule has 3 heterocycles. The number of nitrogens with zero attached hydrogens (tertiary/aromatic N) is 2. The third-order valence-corrected chi connectivity index (χ3v) is 8.97. The minimum Gasteiger partial charge on any atom is -0.381 e. The van der Waals surface area contributed by atoms with Crippen molar-refractivity contribution in [3.8, 4) is 0 Å². The highest BCUT2D eigenvalue weighted by Gasteiger charge is 2.28. The van der Waals surface area contributed by atoms with Gasteiger partial charge in [-0.05, 0) is 67.8 Å². The number of carbonyl (C=O) groups excluding carboxylic acids is 1. The van der Waals surface area contributed by atoms with E-state index >= 15 is 0 Å². The molecule has 0 atom stereocenters. The Bertz CT molecular complexity index is 946. The predicted molar refractivity (Wildman–Crippen MR) is 122 cm³/mol. The predicted octanol–water partition coefficient (Wildman–Crippen LogP) is 3.79. The Morgan fingerprint density at radius 2 is 1.77 bits per heavy atom. The van der Waals surface area contributed by atoms with Crippen molar-refractivity contribution in [2.75, 3.05) is 32.8 Å². The highest BCUT2D eigenvalue weighted by molar-refractivity contribution is 7.89. The van der Waals surface area contributed by atoms with Gasteiger partial charge in [-0.25, -0.2) is 8.42 Å². The minimum atomic E-state index is -3.49. The largest absolute Gasteiger partial charge is 0.381 e. The van der Waals surface area contributed by atoms with E-state index in [1.54, 1.807) is 39.9 Å². The van der Waals surface area contributed by atoms with Crippen LogP contribution in [-0.4, -0.2) is 62.4 Å². The topological polar surface area (TPSA) is 66.9 Å². The maximum atomic E-state index is 13.4. The molecule has 4 rings (SSSR count). The van der Waals surface area contributed by atoms with Crippen LogP contribution in [0, 0.1) is 0 Å². The first-order valence-corrected chi connectivity index (χ1v) is 13.4. The third-order valence-electron chi connectivity index (χ3n) is 6.13. The normalized spacial score (nSPS) is 18.7. The van der Waals surface area contributed by atoms with E-state index in [2.05, 4.69) is 11.4 Å². The second-order valence-corrected chi connectivity index (χ2v) is 11.1. The number of rotatable bonds is 7. The highest BCUT2D eigenvalue weighted by Crippen LogP contribution is 2.23. The summed E-state index contributed by atoms with van der Waals surface area (Å²) >= 11 is 1.70. The summed E-state index contributed by atoms with van der Waals surface area (Å²) < 4.78 is 32.9. The van der Waals surface area contributed by atoms with E-state index in [0.29, 0.717) is 38.4 Å². The zero-order chi connectivity index (χ0) is 21.7. The van der Waals surface area contributed by atoms with Crippen LogP contribution in [0.5, 0.6) is 0 Å². The van der Waals surface area contributed by atoms with Crippen molar-refractivity contribution in [3.63, 3.8) is 0 Å². The highest BCUT2D eigenvalue weighted by atomic mass is 32.2. The minimum absolute atomic E-state index is 0.0367. The van der Waals surface area contributed by atoms with E-state index in [4.69, 9.17) is 4.74 Å². The summed E-state index contributed by atoms with van der Waals surface area (Å²) in [5.74, 6) is -0.0367. The summed E-state index contributed by atoms with van der Waals surface area (Å²) in [5.41, 5.74) is 0.537. The average molecular weight is 463 g/mol. The van der Waals surface area contributed by atoms with E-state index in [0.717, 1.165) is 38.5 Å². The molecule has 0 N–H and O–H groups in total. The van der Waals surface area contributed by atoms with Crippen LogP contribution in [0.3, 0.4) is 0 Å². The van der Waals surface area contributed by atoms with Gasteiger partial charge >= 0.3 is 0 Å². The fourth-order valence-corrected chi connectivity index (χ4v) is 6.54. The molecule has 0 spiro atoms. The van der Waals surface area contributed by atoms with E-state index in [1.165, 1.54) is 4.88 Å². The van der Waals surface area contributed by atoms with Gasteiger partial charge in [0.2, 0.25) is 10.0 Å². The maximum absolute atomic E-state index is 13.4. The van der Waals surface area contributed by atoms with Gasteiger partial charge in [0.15, 0.2) is 0 Å². The quantitative estimate of drug-likeness (QED) is 0.628. The molecular weight excluding hydrogens is 432 g/mol. The van der Waals surface area contributed by atoms with Crippen LogP contribution >= 0.6 is 11.3 Å². The summed E-state index contributed by atoms with van der Waals surface area (Å²) in [6, 6.07) is 10.8. The number of hydrogen-bond acceptors (Lipinski definition) is 5. The number of piperidine rings is 1. The van der Waals surface area contributed by atoms with Crippen LogP contribution in [0.4, 0.5) is 0 Å². The number of sulfonamides is 1. The van der Waals surface area contributed by atoms with Crippen molar-refractivity contribution >= 4 is 27.3 Å². The first kappa shape index (κ1) is 22.5. The molecule has 2 aromatic rings. The fraction of sp³-hybridized carbons (Fsp3) is 0.522. The molecule has 31 heavy (non-hydrogen) atoms. The van der Waals surface area contributed by atoms with Gasteiger partial charge in [-0.15, -0.1) is 11.3 Å². The Kier molecular flexibility index (Phi) is 7.43. The number of hydrogen-bond donors (Lipinski definition) is 0. The molecule has 8 heteroatoms. The summed E-state index contributed by atoms with van der Waals surface area (Å²) in [5, 5.41) is 2.05. The van der Waals surface area contributed by atoms with Crippen molar-refractivity contribution in [2.45, 2.75) is 49.5 Å². The monoisotopic (exact) mass is 462 g/mol. The van der Waals surface area contributed by atoms with E-state index in [9.17, 15) is 13.2 Å². The number of amides is 1. The SMILES string of the molecule is O=C(c1ccc(S(=O)(=O)N2CCCCC2)cc1)N(CCc1cccs1)C1CCOCC1. The van der Waals surface area contributed by atoms with E-state index in [1.807, 2.05) is 11.0 Å². The lowest BCUT2D eigenvalue weighted by Gasteiger charge is -2.34. The van der Waals surface area contributed by atoms with Gasteiger partial charge in [0.25, 0.3) is 5.91 Å². The van der Waals surface area contributed by atoms with E-state index < -0.39 is 10.0 Å². The Hall–Kier alpha value is -1.74. The lowest BCUT2D eigenvalue weighted by Crippen LogP contribution is -2.44. The van der Waals surface area contributed by atoms with Gasteiger partial charge in [-0.2, -0.15) is 4.31 Å². The summed E-state index contributed by atoms with van der Waals surface area (Å²) in [6.45, 7) is 3.13. The molecule has 2 aliphatic heterocycles. The third kappa shape index (κ3) is 5.37. The van der Waals surface area contributed by atoms with Crippen molar-refractivity contribution in [1.29, 1.82) is 0 Å². The van der Waals surface area contributed by atoms with Crippen LogP contribution in [0.2, 0.25) is 0 Å². The van der Waals surface area contributed by atoms with Gasteiger partial charge in [-0.1, -0.05) is 12.5 Å². The molecule has 0 saturated carbocycles. The molecule has 2 saturated heterocycles. The second-order valence-electron chi connectivity index (χ2n) is 8.16. The summed E-state index contributed by atoms with van der Waals surface area (Å²) in [4.78, 5) is 16.9. The average Bonchev–Trinajstić information content (AvgIpc) is 3.34. The molecule has 168 valence electrons. The van der Waals surface area contributed by atoms with Crippen LogP contribution in [0.25, 0.3) is 0 Å². The summed E-state index contributed by atoms with van der Waals surface area (Å²) in [6.07, 6.45) is 5.37. The van der Waals surface area contributed by atoms with Gasteiger partial charge in [0, 0.05) is 49.3 Å². The van der Waals surface area contributed by atoms with Crippen LogP contribution in [-0.2, 0) is 21.2 Å². The van der Waals surface area contributed by atoms with Crippen LogP contribution < -0.4 is 0 Å². The number of carbonyl (C=O) groups is 1. The van der Waals surface area contributed by atoms with Gasteiger partial charge in [0.05, 0.1) is 4.90 Å². The second kappa shape index (κ2) is 10.3. The number of thiophene rings is 1. The maximum Gasteiger partial charge on any atom is 0.254 e. The molecule has 0 bridgehead atoms. The van der Waals surface area contributed by atoms with Crippen molar-refractivity contribution in [3.05, 3.63) is 52.2 Å². The number of ether oxygens (including phenoxy) is 1. The molecule has 1 amide bonds. The van der Waals surface area contributed by atoms with Crippen molar-refractivity contribution < 1.29 is 17.9 Å². The van der Waals surface area contributed by atoms with Gasteiger partial charge in [-0.3, -0.25) is 4.79 Å². The Morgan fingerprint density at radius 1 is 1.06 bits per heavy atom. The zero-order valence-corrected chi connectivity index (χ0v) is 19.4. The first-order valence-electron chi connectivity index (χ1n) is 11.1. The molecule has 1 aromatic carbocycles. The zero-order valence-electron chi connectivity index (χ0n) is 17.7. The van der Waals surface area contributed by atoms with Gasteiger partial charge in [0.1, 0.15) is 0 Å². The van der Waals surface area contributed by atoms with Crippen molar-refractivity contribution in [1.82, 2.24) is 9.21 Å². The van der Waals surface area contributed by atoms with Crippen LogP contribution in [0.15, 0.2) is 46.7 Å². The molecule has 6 nitrogen and oxygen atoms in total. The number of benzene rings is 1. The molecule has 2 aliphatic rings. The molecule has 0 radical (unpaired) electrons.